The van der Waals surface area contributed by atoms with E-state index in [1.54, 1.807) is 0 Å². The maximum Gasteiger partial charge on any atom is 0.481 e. The molecule has 2 aromatic rings. The third-order valence-electron chi connectivity index (χ3n) is 10.3. The molecule has 1 aliphatic carbocycles. The van der Waals surface area contributed by atoms with Crippen LogP contribution in [0.1, 0.15) is 71.9 Å². The Morgan fingerprint density at radius 1 is 1.06 bits per heavy atom. The van der Waals surface area contributed by atoms with Gasteiger partial charge in [0.25, 0.3) is 0 Å². The summed E-state index contributed by atoms with van der Waals surface area (Å²) in [6.07, 6.45) is -1.10. The normalized spacial score (nSPS) is 24.5. The molecule has 65 heavy (non-hydrogen) atoms. The zero-order valence-corrected chi connectivity index (χ0v) is 39.1. The smallest absolute Gasteiger partial charge is 0.393 e. The highest BCUT2D eigenvalue weighted by Gasteiger charge is 2.50. The summed E-state index contributed by atoms with van der Waals surface area (Å²) in [7, 11) is -16.5. The number of rotatable bonds is 26. The highest BCUT2D eigenvalue weighted by Crippen LogP contribution is 2.61. The Labute approximate surface area is 376 Å². The van der Waals surface area contributed by atoms with Gasteiger partial charge in [-0.2, -0.15) is 4.31 Å². The zero-order valence-electron chi connectivity index (χ0n) is 35.6. The van der Waals surface area contributed by atoms with Crippen molar-refractivity contribution < 1.29 is 90.4 Å². The quantitative estimate of drug-likeness (QED) is 0.0353. The van der Waals surface area contributed by atoms with Crippen LogP contribution in [0.15, 0.2) is 24.8 Å². The van der Waals surface area contributed by atoms with Crippen molar-refractivity contribution >= 4 is 74.9 Å². The number of carbonyl (C=O) groups excluding carboxylic acids is 4. The number of phosphoric ester groups is 3. The Morgan fingerprint density at radius 3 is 2.46 bits per heavy atom. The first-order chi connectivity index (χ1) is 30.3. The van der Waals surface area contributed by atoms with Crippen LogP contribution >= 0.6 is 35.2 Å². The number of nitrogen functional groups attached to an aromatic ring is 1. The molecule has 3 heterocycles. The van der Waals surface area contributed by atoms with E-state index in [4.69, 9.17) is 19.5 Å². The molecule has 1 saturated carbocycles. The molecule has 366 valence electrons. The summed E-state index contributed by atoms with van der Waals surface area (Å²) in [5, 5.41) is 36.7. The number of aliphatic hydroxyl groups excluding tert-OH is 3. The summed E-state index contributed by atoms with van der Waals surface area (Å²) in [6, 6.07) is 0. The number of nitrogens with one attached hydrogen (secondary N) is 2. The first-order valence-electron chi connectivity index (χ1n) is 20.2. The highest BCUT2D eigenvalue weighted by molar-refractivity contribution is 8.13. The number of phosphoric acid groups is 3. The van der Waals surface area contributed by atoms with Gasteiger partial charge in [0.1, 0.15) is 42.0 Å². The molecule has 4 rings (SSSR count). The molecule has 0 radical (unpaired) electrons. The van der Waals surface area contributed by atoms with Crippen LogP contribution in [0, 0.1) is 17.3 Å². The van der Waals surface area contributed by atoms with Gasteiger partial charge in [0.05, 0.1) is 25.6 Å². The number of nitrogens with two attached hydrogens (primary N) is 1. The van der Waals surface area contributed by atoms with Crippen LogP contribution in [0.2, 0.25) is 0 Å². The second-order valence-corrected chi connectivity index (χ2v) is 21.3. The highest BCUT2D eigenvalue weighted by atomic mass is 32.2. The Balaban J connectivity index is 1.16. The molecule has 1 aliphatic heterocycles. The molecule has 10 unspecified atom stereocenters. The van der Waals surface area contributed by atoms with Crippen LogP contribution in [0.4, 0.5) is 5.82 Å². The average Bonchev–Trinajstić information content (AvgIpc) is 3.88. The Hall–Kier alpha value is -3.07. The van der Waals surface area contributed by atoms with Crippen molar-refractivity contribution in [1.82, 2.24) is 30.2 Å². The Bertz CT molecular complexity index is 2160. The monoisotopic (exact) mass is 1000 g/mol. The number of Topliss-reactive ketones (excluding diaryl/α,β-unsaturated/α-hetero) is 1. The zero-order chi connectivity index (χ0) is 48.3. The number of nitrogens with zero attached hydrogens (tertiary/aromatic N) is 4. The number of hydrogen-bond donors (Lipinski definition) is 10. The number of thioether (sulfide) groups is 1. The molecule has 10 atom stereocenters. The van der Waals surface area contributed by atoms with Crippen LogP contribution in [0.5, 0.6) is 0 Å². The van der Waals surface area contributed by atoms with Gasteiger partial charge in [-0.3, -0.25) is 37.3 Å². The second kappa shape index (κ2) is 23.8. The van der Waals surface area contributed by atoms with Crippen LogP contribution in [0.3, 0.4) is 0 Å². The van der Waals surface area contributed by atoms with E-state index in [2.05, 4.69) is 34.4 Å². The summed E-state index contributed by atoms with van der Waals surface area (Å²) in [5.74, 6) is -1.30. The lowest BCUT2D eigenvalue weighted by molar-refractivity contribution is -0.137. The summed E-state index contributed by atoms with van der Waals surface area (Å²) in [4.78, 5) is 101. The van der Waals surface area contributed by atoms with Crippen LogP contribution in [-0.2, 0) is 55.5 Å². The van der Waals surface area contributed by atoms with Crippen molar-refractivity contribution in [3.05, 3.63) is 24.8 Å². The van der Waals surface area contributed by atoms with E-state index in [-0.39, 0.29) is 71.4 Å². The number of anilines is 1. The fourth-order valence-electron chi connectivity index (χ4n) is 6.97. The number of aliphatic hydroxyl groups is 3. The van der Waals surface area contributed by atoms with Crippen molar-refractivity contribution in [2.45, 2.75) is 102 Å². The largest absolute Gasteiger partial charge is 0.481 e. The van der Waals surface area contributed by atoms with Crippen molar-refractivity contribution in [2.24, 2.45) is 17.3 Å². The van der Waals surface area contributed by atoms with Crippen molar-refractivity contribution in [1.29, 1.82) is 0 Å². The Kier molecular flexibility index (Phi) is 20.0. The molecule has 2 fully saturated rings. The number of imidazole rings is 1. The molecule has 2 aliphatic rings. The topological polar surface area (TPSA) is 401 Å². The number of amides is 2. The lowest BCUT2D eigenvalue weighted by atomic mass is 9.87. The molecule has 2 amide bonds. The van der Waals surface area contributed by atoms with Crippen LogP contribution in [0.25, 0.3) is 11.2 Å². The van der Waals surface area contributed by atoms with Crippen LogP contribution < -0.4 is 16.4 Å². The molecule has 2 aromatic heterocycles. The predicted molar refractivity (Wildman–Crippen MR) is 228 cm³/mol. The van der Waals surface area contributed by atoms with Gasteiger partial charge in [0.2, 0.25) is 11.8 Å². The average molecular weight is 1000 g/mol. The van der Waals surface area contributed by atoms with Gasteiger partial charge in [-0.1, -0.05) is 44.7 Å². The van der Waals surface area contributed by atoms with Gasteiger partial charge in [0.15, 0.2) is 22.8 Å². The lowest BCUT2D eigenvalue weighted by Gasteiger charge is -2.30. The number of fused-ring (bicyclic) bond motifs is 1. The molecular weight excluding hydrogens is 947 g/mol. The second-order valence-electron chi connectivity index (χ2n) is 15.9. The molecule has 26 nitrogen and oxygen atoms in total. The molecule has 0 spiro atoms. The van der Waals surface area contributed by atoms with Crippen molar-refractivity contribution in [2.75, 3.05) is 37.8 Å². The number of aromatic nitrogens is 4. The van der Waals surface area contributed by atoms with Crippen LogP contribution in [-0.4, -0.2) is 140 Å². The molecular formula is C35H56N7O19P3S. The number of ether oxygens (including phenoxy) is 1. The number of ketones is 1. The minimum Gasteiger partial charge on any atom is -0.393 e. The standard InChI is InChI=1S/C35H56N7O19P3S/c1-4-5-6-7-22-20(8-9-23(22)44)14-21(43)15-26(46)65-13-12-37-25(45)10-11-38-33(49)30(48)35(2,3)17-58-64(55,56)61-63(53,54)57-16-24-29(60-62(50,51)52)28(47)34(59-24)42-19-41-27-31(36)39-18-40-32(27)42/h5-6,18-22,24,28-30,34,43,47-48H,4,7-17H2,1-3H3,(H,37,45)(H,38,49)(H,53,54)(H,55,56)(H2,36,39,40)(H2,50,51,52). The van der Waals surface area contributed by atoms with Gasteiger partial charge in [0, 0.05) is 49.4 Å². The molecule has 1 saturated heterocycles. The number of allylic oxidation sites excluding steroid dienone is 2. The fraction of sp³-hybridized carbons (Fsp3) is 0.686. The maximum atomic E-state index is 12.7. The molecule has 0 bridgehead atoms. The maximum absolute atomic E-state index is 12.7. The van der Waals surface area contributed by atoms with E-state index < -0.39 is 90.7 Å². The summed E-state index contributed by atoms with van der Waals surface area (Å²) >= 11 is 0.937. The van der Waals surface area contributed by atoms with Gasteiger partial charge >= 0.3 is 23.5 Å². The summed E-state index contributed by atoms with van der Waals surface area (Å²) in [6.45, 7) is 2.27. The number of carbonyl (C=O) groups is 4. The predicted octanol–water partition coefficient (Wildman–Crippen LogP) is 0.757. The molecule has 11 N–H and O–H groups in total. The van der Waals surface area contributed by atoms with E-state index in [1.807, 2.05) is 19.1 Å². The van der Waals surface area contributed by atoms with Crippen molar-refractivity contribution in [3.8, 4) is 0 Å². The van der Waals surface area contributed by atoms with Gasteiger partial charge in [-0.25, -0.2) is 28.6 Å². The Morgan fingerprint density at radius 2 is 1.77 bits per heavy atom. The minimum absolute atomic E-state index is 0.0134. The van der Waals surface area contributed by atoms with Crippen molar-refractivity contribution in [3.63, 3.8) is 0 Å². The van der Waals surface area contributed by atoms with Gasteiger partial charge in [-0.05, 0) is 31.6 Å². The minimum atomic E-state index is -5.60. The third-order valence-corrected chi connectivity index (χ3v) is 14.3. The SMILES string of the molecule is CCC=CCC1C(=O)CCC1CC(O)CC(=O)SCCNC(=O)CCNC(=O)C(O)C(C)(C)COP(=O)(O)OP(=O)(O)OCC1OC(n2cnc3c(N)ncnc32)C(O)C1OP(=O)(O)O. The molecule has 0 aromatic carbocycles. The lowest BCUT2D eigenvalue weighted by Crippen LogP contribution is -2.46. The molecule has 30 heteroatoms. The first kappa shape index (κ1) is 54.5. The van der Waals surface area contributed by atoms with Gasteiger partial charge < -0.3 is 56.0 Å². The third kappa shape index (κ3) is 16.6. The fourth-order valence-corrected chi connectivity index (χ4v) is 10.5. The summed E-state index contributed by atoms with van der Waals surface area (Å²) in [5.41, 5.74) is 4.22. The first-order valence-corrected chi connectivity index (χ1v) is 25.7. The van der Waals surface area contributed by atoms with E-state index in [0.29, 0.717) is 25.7 Å². The van der Waals surface area contributed by atoms with Gasteiger partial charge in [-0.15, -0.1) is 0 Å². The van der Waals surface area contributed by atoms with E-state index >= 15 is 0 Å². The summed E-state index contributed by atoms with van der Waals surface area (Å²) < 4.78 is 62.3. The van der Waals surface area contributed by atoms with E-state index in [1.165, 1.54) is 13.8 Å². The van der Waals surface area contributed by atoms with E-state index in [9.17, 15) is 67.8 Å². The van der Waals surface area contributed by atoms with E-state index in [0.717, 1.165) is 35.4 Å². The number of hydrogen-bond acceptors (Lipinski definition) is 20.